The molecule has 12 heteroatoms. The summed E-state index contributed by atoms with van der Waals surface area (Å²) in [6.07, 6.45) is 4.24. The lowest BCUT2D eigenvalue weighted by Gasteiger charge is -2.18. The van der Waals surface area contributed by atoms with Crippen molar-refractivity contribution in [2.75, 3.05) is 39.4 Å². The highest BCUT2D eigenvalue weighted by Gasteiger charge is 2.24. The predicted molar refractivity (Wildman–Crippen MR) is 169 cm³/mol. The monoisotopic (exact) mass is 610 g/mol. The van der Waals surface area contributed by atoms with Gasteiger partial charge >= 0.3 is 0 Å². The number of aliphatic hydroxyl groups is 1. The van der Waals surface area contributed by atoms with E-state index < -0.39 is 23.9 Å². The number of allylic oxidation sites excluding steroid dienone is 4. The molecule has 2 amide bonds. The molecule has 0 aliphatic heterocycles. The fraction of sp³-hybridized carbons (Fsp3) is 0.406. The van der Waals surface area contributed by atoms with Gasteiger partial charge in [-0.2, -0.15) is 0 Å². The number of nitrogens with two attached hydrogens (primary N) is 2. The zero-order valence-corrected chi connectivity index (χ0v) is 25.7. The van der Waals surface area contributed by atoms with Gasteiger partial charge in [-0.25, -0.2) is 0 Å². The summed E-state index contributed by atoms with van der Waals surface area (Å²) in [7, 11) is 0. The number of hydrogen-bond donors (Lipinski definition) is 6. The first-order valence-corrected chi connectivity index (χ1v) is 14.4. The number of aliphatic hydroxyl groups excluding tert-OH is 1. The highest BCUT2D eigenvalue weighted by Crippen LogP contribution is 2.39. The number of carbonyl (C=O) groups excluding carboxylic acids is 2. The van der Waals surface area contributed by atoms with Gasteiger partial charge < -0.3 is 46.2 Å². The third kappa shape index (κ3) is 8.37. The molecule has 2 aromatic carbocycles. The van der Waals surface area contributed by atoms with E-state index in [1.807, 2.05) is 39.8 Å². The van der Waals surface area contributed by atoms with Crippen molar-refractivity contribution in [1.29, 1.82) is 0 Å². The standard InChI is InChI=1S/C32H42N4O8/c1-18(2)5-7-20-22(15-37)24(43-17-28(39)36-12-10-34)14-25-29(20)32(41)30-26(44-25)13-23(42-16-27(38)35-11-9-33)21(31(30)40)8-6-19(3)4/h5-6,13-14,37,40H,7-12,15-17,33-34H2,1-4H3,(H,35,38)(H,36,39). The molecule has 0 aliphatic carbocycles. The summed E-state index contributed by atoms with van der Waals surface area (Å²) in [5.74, 6) is -0.802. The summed E-state index contributed by atoms with van der Waals surface area (Å²) in [5, 5.41) is 27.2. The first kappa shape index (κ1) is 34.1. The van der Waals surface area contributed by atoms with Crippen molar-refractivity contribution in [2.24, 2.45) is 11.5 Å². The molecule has 0 aliphatic rings. The van der Waals surface area contributed by atoms with E-state index in [1.54, 1.807) is 0 Å². The second-order valence-electron chi connectivity index (χ2n) is 10.7. The number of fused-ring (bicyclic) bond motifs is 2. The average molecular weight is 611 g/mol. The highest BCUT2D eigenvalue weighted by molar-refractivity contribution is 5.97. The zero-order valence-electron chi connectivity index (χ0n) is 25.7. The number of carbonyl (C=O) groups is 2. The molecule has 0 radical (unpaired) electrons. The Bertz CT molecular complexity index is 1630. The van der Waals surface area contributed by atoms with Crippen LogP contribution in [0, 0.1) is 0 Å². The van der Waals surface area contributed by atoms with Gasteiger partial charge in [0.25, 0.3) is 11.8 Å². The first-order chi connectivity index (χ1) is 21.0. The first-order valence-electron chi connectivity index (χ1n) is 14.4. The Kier molecular flexibility index (Phi) is 12.3. The number of benzene rings is 2. The third-order valence-corrected chi connectivity index (χ3v) is 6.71. The molecule has 3 aromatic rings. The van der Waals surface area contributed by atoms with Crippen molar-refractivity contribution >= 4 is 33.8 Å². The quantitative estimate of drug-likeness (QED) is 0.109. The Hall–Kier alpha value is -4.39. The van der Waals surface area contributed by atoms with Crippen molar-refractivity contribution in [2.45, 2.75) is 47.1 Å². The lowest BCUT2D eigenvalue weighted by atomic mass is 9.95. The molecule has 0 bridgehead atoms. The van der Waals surface area contributed by atoms with Crippen LogP contribution < -0.4 is 37.0 Å². The molecule has 0 atom stereocenters. The molecule has 3 rings (SSSR count). The van der Waals surface area contributed by atoms with E-state index in [-0.39, 0.29) is 91.4 Å². The molecule has 0 unspecified atom stereocenters. The van der Waals surface area contributed by atoms with E-state index in [2.05, 4.69) is 10.6 Å². The SMILES string of the molecule is CC(C)=CCc1c(OCC(=O)NCCN)cc2oc3cc(OCC(=O)NCCN)c(CO)c(CC=C(C)C)c3c(=O)c2c1O. The lowest BCUT2D eigenvalue weighted by Crippen LogP contribution is -2.33. The summed E-state index contributed by atoms with van der Waals surface area (Å²) in [6, 6.07) is 2.91. The van der Waals surface area contributed by atoms with Crippen LogP contribution in [-0.2, 0) is 29.0 Å². The number of aromatic hydroxyl groups is 1. The van der Waals surface area contributed by atoms with Crippen molar-refractivity contribution in [3.05, 3.63) is 62.3 Å². The van der Waals surface area contributed by atoms with E-state index in [0.717, 1.165) is 11.1 Å². The van der Waals surface area contributed by atoms with Crippen molar-refractivity contribution in [3.63, 3.8) is 0 Å². The molecule has 12 nitrogen and oxygen atoms in total. The predicted octanol–water partition coefficient (Wildman–Crippen LogP) is 2.07. The number of rotatable bonds is 15. The molecule has 0 fully saturated rings. The van der Waals surface area contributed by atoms with Crippen LogP contribution >= 0.6 is 0 Å². The van der Waals surface area contributed by atoms with Gasteiger partial charge in [0, 0.05) is 49.4 Å². The van der Waals surface area contributed by atoms with E-state index in [4.69, 9.17) is 25.4 Å². The molecule has 238 valence electrons. The summed E-state index contributed by atoms with van der Waals surface area (Å²) >= 11 is 0. The van der Waals surface area contributed by atoms with Crippen LogP contribution in [0.25, 0.3) is 21.9 Å². The summed E-state index contributed by atoms with van der Waals surface area (Å²) in [6.45, 7) is 7.51. The van der Waals surface area contributed by atoms with Crippen LogP contribution in [0.5, 0.6) is 17.2 Å². The summed E-state index contributed by atoms with van der Waals surface area (Å²) in [5.41, 5.74) is 13.6. The Morgan fingerprint density at radius 2 is 1.30 bits per heavy atom. The Morgan fingerprint density at radius 1 is 0.818 bits per heavy atom. The third-order valence-electron chi connectivity index (χ3n) is 6.71. The summed E-state index contributed by atoms with van der Waals surface area (Å²) < 4.78 is 17.8. The second kappa shape index (κ2) is 15.9. The Morgan fingerprint density at radius 3 is 1.77 bits per heavy atom. The molecule has 0 spiro atoms. The normalized spacial score (nSPS) is 10.9. The molecule has 0 saturated carbocycles. The summed E-state index contributed by atoms with van der Waals surface area (Å²) in [4.78, 5) is 38.6. The van der Waals surface area contributed by atoms with Crippen LogP contribution in [0.1, 0.15) is 44.4 Å². The maximum Gasteiger partial charge on any atom is 0.257 e. The van der Waals surface area contributed by atoms with Crippen molar-refractivity contribution < 1.29 is 33.7 Å². The van der Waals surface area contributed by atoms with Gasteiger partial charge in [0.2, 0.25) is 5.43 Å². The van der Waals surface area contributed by atoms with Crippen LogP contribution in [0.3, 0.4) is 0 Å². The number of phenolic OH excluding ortho intramolecular Hbond substituents is 1. The van der Waals surface area contributed by atoms with Gasteiger partial charge in [-0.15, -0.1) is 0 Å². The lowest BCUT2D eigenvalue weighted by molar-refractivity contribution is -0.123. The van der Waals surface area contributed by atoms with Crippen molar-refractivity contribution in [1.82, 2.24) is 10.6 Å². The molecular weight excluding hydrogens is 568 g/mol. The van der Waals surface area contributed by atoms with Gasteiger partial charge in [-0.3, -0.25) is 14.4 Å². The van der Waals surface area contributed by atoms with Gasteiger partial charge in [-0.05, 0) is 46.1 Å². The fourth-order valence-electron chi connectivity index (χ4n) is 4.54. The minimum Gasteiger partial charge on any atom is -0.507 e. The van der Waals surface area contributed by atoms with Gasteiger partial charge in [0.15, 0.2) is 13.2 Å². The van der Waals surface area contributed by atoms with Crippen LogP contribution in [-0.4, -0.2) is 61.4 Å². The van der Waals surface area contributed by atoms with E-state index in [0.29, 0.717) is 16.7 Å². The zero-order chi connectivity index (χ0) is 32.4. The number of hydrogen-bond acceptors (Lipinski definition) is 10. The molecule has 0 saturated heterocycles. The van der Waals surface area contributed by atoms with Crippen molar-refractivity contribution in [3.8, 4) is 17.2 Å². The van der Waals surface area contributed by atoms with Gasteiger partial charge in [0.05, 0.1) is 12.0 Å². The fourth-order valence-corrected chi connectivity index (χ4v) is 4.54. The van der Waals surface area contributed by atoms with E-state index >= 15 is 0 Å². The molecular formula is C32H42N4O8. The van der Waals surface area contributed by atoms with Gasteiger partial charge in [0.1, 0.15) is 33.8 Å². The van der Waals surface area contributed by atoms with Gasteiger partial charge in [-0.1, -0.05) is 23.3 Å². The van der Waals surface area contributed by atoms with E-state index in [1.165, 1.54) is 12.1 Å². The topological polar surface area (TPSA) is 199 Å². The van der Waals surface area contributed by atoms with Crippen LogP contribution in [0.4, 0.5) is 0 Å². The number of phenols is 1. The molecule has 1 heterocycles. The Balaban J connectivity index is 2.29. The number of ether oxygens (including phenoxy) is 2. The highest BCUT2D eigenvalue weighted by atomic mass is 16.5. The minimum absolute atomic E-state index is 0.0230. The molecule has 8 N–H and O–H groups in total. The molecule has 44 heavy (non-hydrogen) atoms. The minimum atomic E-state index is -0.511. The largest absolute Gasteiger partial charge is 0.507 e. The van der Waals surface area contributed by atoms with Crippen LogP contribution in [0.2, 0.25) is 0 Å². The van der Waals surface area contributed by atoms with E-state index in [9.17, 15) is 24.6 Å². The smallest absolute Gasteiger partial charge is 0.257 e. The second-order valence-corrected chi connectivity index (χ2v) is 10.7. The molecule has 1 aromatic heterocycles. The maximum atomic E-state index is 14.2. The number of amides is 2. The van der Waals surface area contributed by atoms with Crippen LogP contribution in [0.15, 0.2) is 44.6 Å². The Labute approximate surface area is 255 Å². The maximum absolute atomic E-state index is 14.2. The average Bonchev–Trinajstić information content (AvgIpc) is 2.98. The number of nitrogens with one attached hydrogen (secondary N) is 2.